The van der Waals surface area contributed by atoms with E-state index in [1.165, 1.54) is 27.3 Å². The predicted molar refractivity (Wildman–Crippen MR) is 100 cm³/mol. The lowest BCUT2D eigenvalue weighted by molar-refractivity contribution is 0.582. The maximum Gasteiger partial charge on any atom is 0.0971 e. The van der Waals surface area contributed by atoms with Gasteiger partial charge >= 0.3 is 0 Å². The van der Waals surface area contributed by atoms with E-state index in [1.54, 1.807) is 11.8 Å². The third-order valence-electron chi connectivity index (χ3n) is 4.55. The van der Waals surface area contributed by atoms with E-state index < -0.39 is 0 Å². The molecule has 0 saturated carbocycles. The molecule has 1 aromatic heterocycles. The van der Waals surface area contributed by atoms with Gasteiger partial charge < -0.3 is 5.32 Å². The maximum atomic E-state index is 4.98. The van der Waals surface area contributed by atoms with Crippen LogP contribution in [0.2, 0.25) is 0 Å². The molecule has 0 amide bonds. The van der Waals surface area contributed by atoms with Crippen molar-refractivity contribution in [1.29, 1.82) is 0 Å². The van der Waals surface area contributed by atoms with E-state index in [-0.39, 0.29) is 0 Å². The number of benzene rings is 2. The first-order valence-electron chi connectivity index (χ1n) is 8.33. The van der Waals surface area contributed by atoms with Gasteiger partial charge in [-0.3, -0.25) is 4.68 Å². The summed E-state index contributed by atoms with van der Waals surface area (Å²) in [5.74, 6) is 0. The van der Waals surface area contributed by atoms with Gasteiger partial charge in [-0.15, -0.1) is 11.8 Å². The van der Waals surface area contributed by atoms with Crippen LogP contribution >= 0.6 is 11.8 Å². The first-order valence-corrected chi connectivity index (χ1v) is 9.55. The Hall–Kier alpha value is -2.04. The molecule has 1 aliphatic rings. The number of hydrogen-bond donors (Lipinski definition) is 1. The van der Waals surface area contributed by atoms with Crippen LogP contribution in [0.3, 0.4) is 0 Å². The van der Waals surface area contributed by atoms with E-state index >= 15 is 0 Å². The fourth-order valence-electron chi connectivity index (χ4n) is 3.29. The third-order valence-corrected chi connectivity index (χ3v) is 5.29. The quantitative estimate of drug-likeness (QED) is 0.732. The molecule has 2 aromatic carbocycles. The van der Waals surface area contributed by atoms with Crippen molar-refractivity contribution in [2.45, 2.75) is 24.4 Å². The molecule has 0 saturated heterocycles. The van der Waals surface area contributed by atoms with Gasteiger partial charge in [0.05, 0.1) is 12.2 Å². The molecule has 1 aliphatic heterocycles. The van der Waals surface area contributed by atoms with Crippen molar-refractivity contribution < 1.29 is 0 Å². The van der Waals surface area contributed by atoms with Crippen molar-refractivity contribution in [3.63, 3.8) is 0 Å². The molecule has 3 nitrogen and oxygen atoms in total. The van der Waals surface area contributed by atoms with Crippen LogP contribution < -0.4 is 5.32 Å². The highest BCUT2D eigenvalue weighted by Crippen LogP contribution is 2.29. The fraction of sp³-hybridized carbons (Fsp3) is 0.250. The summed E-state index contributed by atoms with van der Waals surface area (Å²) in [6.07, 6.45) is 3.15. The van der Waals surface area contributed by atoms with Crippen LogP contribution in [0.4, 0.5) is 0 Å². The molecular formula is C20H21N3S. The lowest BCUT2D eigenvalue weighted by Crippen LogP contribution is -2.25. The largest absolute Gasteiger partial charge is 0.312 e. The third kappa shape index (κ3) is 2.99. The summed E-state index contributed by atoms with van der Waals surface area (Å²) < 4.78 is 2.20. The number of fused-ring (bicyclic) bond motifs is 1. The number of rotatable bonds is 4. The Bertz CT molecular complexity index is 822. The van der Waals surface area contributed by atoms with Gasteiger partial charge in [-0.25, -0.2) is 0 Å². The zero-order valence-electron chi connectivity index (χ0n) is 13.8. The number of nitrogens with one attached hydrogen (secondary N) is 1. The highest BCUT2D eigenvalue weighted by Gasteiger charge is 2.21. The van der Waals surface area contributed by atoms with E-state index in [0.717, 1.165) is 31.7 Å². The zero-order chi connectivity index (χ0) is 16.4. The summed E-state index contributed by atoms with van der Waals surface area (Å²) in [4.78, 5) is 1.29. The van der Waals surface area contributed by atoms with Crippen molar-refractivity contribution in [2.75, 3.05) is 12.8 Å². The molecule has 1 N–H and O–H groups in total. The molecular weight excluding hydrogens is 314 g/mol. The smallest absolute Gasteiger partial charge is 0.0971 e. The molecule has 4 rings (SSSR count). The van der Waals surface area contributed by atoms with Gasteiger partial charge in [0.15, 0.2) is 0 Å². The van der Waals surface area contributed by atoms with Crippen LogP contribution in [0.1, 0.15) is 16.8 Å². The lowest BCUT2D eigenvalue weighted by atomic mass is 10.0. The SMILES string of the molecule is CSc1ccc(-c2nn(Cc3ccccc3)c3c2CNCC3)cc1. The molecule has 0 aliphatic carbocycles. The summed E-state index contributed by atoms with van der Waals surface area (Å²) in [5, 5.41) is 8.48. The monoisotopic (exact) mass is 335 g/mol. The Morgan fingerprint density at radius 2 is 1.88 bits per heavy atom. The Kier molecular flexibility index (Phi) is 4.41. The van der Waals surface area contributed by atoms with E-state index in [2.05, 4.69) is 70.9 Å². The van der Waals surface area contributed by atoms with Crippen LogP contribution in [0.5, 0.6) is 0 Å². The Morgan fingerprint density at radius 1 is 1.08 bits per heavy atom. The zero-order valence-corrected chi connectivity index (χ0v) is 14.6. The minimum absolute atomic E-state index is 0.839. The fourth-order valence-corrected chi connectivity index (χ4v) is 3.70. The summed E-state index contributed by atoms with van der Waals surface area (Å²) in [5.41, 5.74) is 6.36. The minimum atomic E-state index is 0.839. The van der Waals surface area contributed by atoms with Crippen molar-refractivity contribution in [3.8, 4) is 11.3 Å². The average molecular weight is 335 g/mol. The molecule has 0 fully saturated rings. The van der Waals surface area contributed by atoms with Crippen molar-refractivity contribution >= 4 is 11.8 Å². The van der Waals surface area contributed by atoms with Crippen LogP contribution in [-0.4, -0.2) is 22.6 Å². The Labute approximate surface area is 147 Å². The Morgan fingerprint density at radius 3 is 2.62 bits per heavy atom. The summed E-state index contributed by atoms with van der Waals surface area (Å²) in [6.45, 7) is 2.77. The van der Waals surface area contributed by atoms with Gasteiger partial charge in [0.25, 0.3) is 0 Å². The topological polar surface area (TPSA) is 29.9 Å². The van der Waals surface area contributed by atoms with Gasteiger partial charge in [0.1, 0.15) is 0 Å². The molecule has 0 spiro atoms. The molecule has 3 aromatic rings. The molecule has 0 unspecified atom stereocenters. The summed E-state index contributed by atoms with van der Waals surface area (Å²) in [6, 6.07) is 19.3. The number of hydrogen-bond acceptors (Lipinski definition) is 3. The number of nitrogens with zero attached hydrogens (tertiary/aromatic N) is 2. The van der Waals surface area contributed by atoms with E-state index in [4.69, 9.17) is 5.10 Å². The van der Waals surface area contributed by atoms with E-state index in [0.29, 0.717) is 0 Å². The highest BCUT2D eigenvalue weighted by molar-refractivity contribution is 7.98. The predicted octanol–water partition coefficient (Wildman–Crippen LogP) is 3.97. The molecule has 0 atom stereocenters. The van der Waals surface area contributed by atoms with Crippen molar-refractivity contribution in [1.82, 2.24) is 15.1 Å². The van der Waals surface area contributed by atoms with Gasteiger partial charge in [-0.2, -0.15) is 5.10 Å². The van der Waals surface area contributed by atoms with Gasteiger partial charge in [-0.05, 0) is 24.0 Å². The second kappa shape index (κ2) is 6.83. The molecule has 0 bridgehead atoms. The van der Waals surface area contributed by atoms with Gasteiger partial charge in [-0.1, -0.05) is 42.5 Å². The number of thioether (sulfide) groups is 1. The van der Waals surface area contributed by atoms with Crippen LogP contribution in [0.25, 0.3) is 11.3 Å². The Balaban J connectivity index is 1.74. The summed E-state index contributed by atoms with van der Waals surface area (Å²) >= 11 is 1.77. The van der Waals surface area contributed by atoms with E-state index in [1.807, 2.05) is 0 Å². The molecule has 2 heterocycles. The normalized spacial score (nSPS) is 13.7. The molecule has 24 heavy (non-hydrogen) atoms. The average Bonchev–Trinajstić information content (AvgIpc) is 3.01. The minimum Gasteiger partial charge on any atom is -0.312 e. The second-order valence-corrected chi connectivity index (χ2v) is 6.95. The summed E-state index contributed by atoms with van der Waals surface area (Å²) in [7, 11) is 0. The van der Waals surface area contributed by atoms with Crippen molar-refractivity contribution in [3.05, 3.63) is 71.4 Å². The highest BCUT2D eigenvalue weighted by atomic mass is 32.2. The standard InChI is InChI=1S/C20H21N3S/c1-24-17-9-7-16(8-10-17)20-18-13-21-12-11-19(18)23(22-20)14-15-5-3-2-4-6-15/h2-10,21H,11-14H2,1H3. The maximum absolute atomic E-state index is 4.98. The van der Waals surface area contributed by atoms with Crippen molar-refractivity contribution in [2.24, 2.45) is 0 Å². The van der Waals surface area contributed by atoms with Gasteiger partial charge in [0, 0.05) is 41.2 Å². The van der Waals surface area contributed by atoms with Gasteiger partial charge in [0.2, 0.25) is 0 Å². The molecule has 4 heteroatoms. The second-order valence-electron chi connectivity index (χ2n) is 6.07. The first kappa shape index (κ1) is 15.5. The molecule has 122 valence electrons. The first-order chi connectivity index (χ1) is 11.8. The van der Waals surface area contributed by atoms with Crippen LogP contribution in [0, 0.1) is 0 Å². The lowest BCUT2D eigenvalue weighted by Gasteiger charge is -2.15. The van der Waals surface area contributed by atoms with Crippen LogP contribution in [0.15, 0.2) is 59.5 Å². The molecule has 0 radical (unpaired) electrons. The number of aromatic nitrogens is 2. The van der Waals surface area contributed by atoms with E-state index in [9.17, 15) is 0 Å². The van der Waals surface area contributed by atoms with Crippen LogP contribution in [-0.2, 0) is 19.5 Å².